The van der Waals surface area contributed by atoms with E-state index in [2.05, 4.69) is 0 Å². The molecule has 1 aromatic carbocycles. The number of carboxylic acids is 1. The van der Waals surface area contributed by atoms with E-state index in [9.17, 15) is 24.8 Å². The number of carbonyl (C=O) groups excluding carboxylic acids is 1. The molecular weight excluding hydrogens is 266 g/mol. The van der Waals surface area contributed by atoms with Crippen molar-refractivity contribution in [3.05, 3.63) is 34.4 Å². The Morgan fingerprint density at radius 1 is 1.20 bits per heavy atom. The number of benzene rings is 1. The van der Waals surface area contributed by atoms with Gasteiger partial charge in [0.25, 0.3) is 5.69 Å². The fourth-order valence-electron chi connectivity index (χ4n) is 2.32. The van der Waals surface area contributed by atoms with E-state index in [1.54, 1.807) is 0 Å². The highest BCUT2D eigenvalue weighted by Gasteiger charge is 2.50. The first-order valence-electron chi connectivity index (χ1n) is 6.16. The van der Waals surface area contributed by atoms with Crippen molar-refractivity contribution in [1.82, 2.24) is 0 Å². The lowest BCUT2D eigenvalue weighted by Crippen LogP contribution is -2.39. The Morgan fingerprint density at radius 3 is 2.20 bits per heavy atom. The first kappa shape index (κ1) is 14.0. The van der Waals surface area contributed by atoms with Crippen LogP contribution in [0.4, 0.5) is 5.69 Å². The third-order valence-corrected chi connectivity index (χ3v) is 3.52. The maximum Gasteiger partial charge on any atom is 0.328 e. The van der Waals surface area contributed by atoms with Crippen molar-refractivity contribution in [3.63, 3.8) is 0 Å². The highest BCUT2D eigenvalue weighted by molar-refractivity contribution is 6.00. The van der Waals surface area contributed by atoms with Gasteiger partial charge >= 0.3 is 11.9 Å². The first-order valence-corrected chi connectivity index (χ1v) is 6.16. The largest absolute Gasteiger partial charge is 0.480 e. The summed E-state index contributed by atoms with van der Waals surface area (Å²) >= 11 is 0. The lowest BCUT2D eigenvalue weighted by atomic mass is 9.86. The number of esters is 1. The van der Waals surface area contributed by atoms with E-state index in [1.165, 1.54) is 24.3 Å². The van der Waals surface area contributed by atoms with E-state index < -0.39 is 22.3 Å². The summed E-state index contributed by atoms with van der Waals surface area (Å²) in [5, 5.41) is 19.7. The average Bonchev–Trinajstić information content (AvgIpc) is 2.90. The Hall–Kier alpha value is -2.44. The van der Waals surface area contributed by atoms with Gasteiger partial charge in [0.2, 0.25) is 0 Å². The summed E-state index contributed by atoms with van der Waals surface area (Å²) in [6.45, 7) is 0. The van der Waals surface area contributed by atoms with Crippen LogP contribution in [0.15, 0.2) is 24.3 Å². The predicted octanol–water partition coefficient (Wildman–Crippen LogP) is 2.15. The van der Waals surface area contributed by atoms with Crippen LogP contribution in [0.25, 0.3) is 0 Å². The van der Waals surface area contributed by atoms with E-state index >= 15 is 0 Å². The number of carboxylic acid groups (broad SMARTS) is 1. The summed E-state index contributed by atoms with van der Waals surface area (Å²) in [4.78, 5) is 33.3. The summed E-state index contributed by atoms with van der Waals surface area (Å²) in [7, 11) is 0. The molecule has 0 saturated heterocycles. The second kappa shape index (κ2) is 5.28. The molecule has 0 aromatic heterocycles. The highest BCUT2D eigenvalue weighted by atomic mass is 16.6. The zero-order valence-electron chi connectivity index (χ0n) is 10.6. The number of non-ortho nitro benzene ring substituents is 1. The minimum Gasteiger partial charge on any atom is -0.480 e. The molecule has 1 saturated carbocycles. The molecule has 2 rings (SSSR count). The van der Waals surface area contributed by atoms with Crippen LogP contribution in [0.5, 0.6) is 5.75 Å². The van der Waals surface area contributed by atoms with Crippen molar-refractivity contribution in [2.45, 2.75) is 25.7 Å². The molecule has 0 radical (unpaired) electrons. The van der Waals surface area contributed by atoms with Gasteiger partial charge in [0.15, 0.2) is 5.41 Å². The van der Waals surface area contributed by atoms with Gasteiger partial charge in [-0.1, -0.05) is 12.8 Å². The number of hydrogen-bond acceptors (Lipinski definition) is 5. The van der Waals surface area contributed by atoms with E-state index in [1.807, 2.05) is 0 Å². The minimum atomic E-state index is -1.48. The average molecular weight is 279 g/mol. The van der Waals surface area contributed by atoms with Gasteiger partial charge in [-0.25, -0.2) is 0 Å². The monoisotopic (exact) mass is 279 g/mol. The van der Waals surface area contributed by atoms with Gasteiger partial charge in [-0.3, -0.25) is 19.7 Å². The Kier molecular flexibility index (Phi) is 3.69. The fraction of sp³-hybridized carbons (Fsp3) is 0.385. The van der Waals surface area contributed by atoms with Crippen molar-refractivity contribution in [2.75, 3.05) is 0 Å². The van der Waals surface area contributed by atoms with E-state index in [4.69, 9.17) is 4.74 Å². The normalized spacial score (nSPS) is 16.6. The van der Waals surface area contributed by atoms with E-state index in [-0.39, 0.29) is 24.3 Å². The van der Waals surface area contributed by atoms with Crippen molar-refractivity contribution in [2.24, 2.45) is 5.41 Å². The Balaban J connectivity index is 2.14. The fourth-order valence-corrected chi connectivity index (χ4v) is 2.32. The van der Waals surface area contributed by atoms with Gasteiger partial charge in [-0.2, -0.15) is 0 Å². The van der Waals surface area contributed by atoms with Crippen molar-refractivity contribution < 1.29 is 24.4 Å². The van der Waals surface area contributed by atoms with E-state index in [0.29, 0.717) is 12.8 Å². The van der Waals surface area contributed by atoms with Gasteiger partial charge < -0.3 is 9.84 Å². The predicted molar refractivity (Wildman–Crippen MR) is 67.3 cm³/mol. The molecule has 1 fully saturated rings. The lowest BCUT2D eigenvalue weighted by molar-refractivity contribution is -0.384. The maximum absolute atomic E-state index is 12.1. The number of nitro benzene ring substituents is 1. The lowest BCUT2D eigenvalue weighted by Gasteiger charge is -2.21. The molecule has 7 heteroatoms. The molecule has 1 aliphatic carbocycles. The van der Waals surface area contributed by atoms with Crippen LogP contribution in [0.1, 0.15) is 25.7 Å². The number of hydrogen-bond donors (Lipinski definition) is 1. The maximum atomic E-state index is 12.1. The van der Waals surface area contributed by atoms with Gasteiger partial charge in [-0.15, -0.1) is 0 Å². The van der Waals surface area contributed by atoms with Crippen LogP contribution in [-0.2, 0) is 9.59 Å². The standard InChI is InChI=1S/C13H13NO6/c15-11(16)13(7-1-2-8-13)12(17)20-10-5-3-9(4-6-10)14(18)19/h3-6H,1-2,7-8H2,(H,15,16). The second-order valence-electron chi connectivity index (χ2n) is 4.73. The number of rotatable bonds is 4. The molecule has 1 N–H and O–H groups in total. The SMILES string of the molecule is O=C(O)C1(C(=O)Oc2ccc([N+](=O)[O-])cc2)CCCC1. The molecule has 0 aliphatic heterocycles. The van der Waals surface area contributed by atoms with Crippen LogP contribution >= 0.6 is 0 Å². The van der Waals surface area contributed by atoms with Gasteiger partial charge in [0, 0.05) is 12.1 Å². The molecule has 0 atom stereocenters. The van der Waals surface area contributed by atoms with Crippen LogP contribution in [0.2, 0.25) is 0 Å². The molecule has 0 unspecified atom stereocenters. The van der Waals surface area contributed by atoms with E-state index in [0.717, 1.165) is 0 Å². The Labute approximate surface area is 114 Å². The molecular formula is C13H13NO6. The van der Waals surface area contributed by atoms with Crippen molar-refractivity contribution in [3.8, 4) is 5.75 Å². The topological polar surface area (TPSA) is 107 Å². The summed E-state index contributed by atoms with van der Waals surface area (Å²) in [5.74, 6) is -1.88. The highest BCUT2D eigenvalue weighted by Crippen LogP contribution is 2.39. The Bertz CT molecular complexity index is 544. The zero-order chi connectivity index (χ0) is 14.8. The first-order chi connectivity index (χ1) is 9.45. The molecule has 20 heavy (non-hydrogen) atoms. The number of ether oxygens (including phenoxy) is 1. The summed E-state index contributed by atoms with van der Waals surface area (Å²) in [6, 6.07) is 4.95. The smallest absolute Gasteiger partial charge is 0.328 e. The third-order valence-electron chi connectivity index (χ3n) is 3.52. The summed E-state index contributed by atoms with van der Waals surface area (Å²) < 4.78 is 5.06. The van der Waals surface area contributed by atoms with Crippen molar-refractivity contribution >= 4 is 17.6 Å². The Morgan fingerprint density at radius 2 is 1.75 bits per heavy atom. The number of aliphatic carboxylic acids is 1. The zero-order valence-corrected chi connectivity index (χ0v) is 10.6. The molecule has 106 valence electrons. The molecule has 0 spiro atoms. The molecule has 0 amide bonds. The second-order valence-corrected chi connectivity index (χ2v) is 4.73. The molecule has 0 heterocycles. The quantitative estimate of drug-likeness (QED) is 0.297. The molecule has 7 nitrogen and oxygen atoms in total. The van der Waals surface area contributed by atoms with Crippen LogP contribution < -0.4 is 4.74 Å². The molecule has 1 aromatic rings. The van der Waals surface area contributed by atoms with Crippen LogP contribution in [0.3, 0.4) is 0 Å². The third kappa shape index (κ3) is 2.47. The van der Waals surface area contributed by atoms with Crippen LogP contribution in [-0.4, -0.2) is 22.0 Å². The molecule has 0 bridgehead atoms. The number of nitro groups is 1. The van der Waals surface area contributed by atoms with Gasteiger partial charge in [0.1, 0.15) is 5.75 Å². The van der Waals surface area contributed by atoms with Crippen molar-refractivity contribution in [1.29, 1.82) is 0 Å². The number of carbonyl (C=O) groups is 2. The number of nitrogens with zero attached hydrogens (tertiary/aromatic N) is 1. The summed E-state index contributed by atoms with van der Waals surface area (Å²) in [6.07, 6.45) is 1.85. The minimum absolute atomic E-state index is 0.105. The van der Waals surface area contributed by atoms with Gasteiger partial charge in [-0.05, 0) is 25.0 Å². The molecule has 1 aliphatic rings. The van der Waals surface area contributed by atoms with Crippen LogP contribution in [0, 0.1) is 15.5 Å². The van der Waals surface area contributed by atoms with Gasteiger partial charge in [0.05, 0.1) is 4.92 Å². The summed E-state index contributed by atoms with van der Waals surface area (Å²) in [5.41, 5.74) is -1.61.